The summed E-state index contributed by atoms with van der Waals surface area (Å²) in [5, 5.41) is 0. The Morgan fingerprint density at radius 3 is 2.41 bits per heavy atom. The lowest BCUT2D eigenvalue weighted by molar-refractivity contribution is -0.306. The first-order valence-corrected chi connectivity index (χ1v) is 10.5. The van der Waals surface area contributed by atoms with Crippen LogP contribution < -0.4 is 0 Å². The second-order valence-corrected chi connectivity index (χ2v) is 10.3. The molecule has 1 aromatic rings. The van der Waals surface area contributed by atoms with Crippen LogP contribution in [-0.4, -0.2) is 60.3 Å². The summed E-state index contributed by atoms with van der Waals surface area (Å²) in [4.78, 5) is 16.9. The standard InChI is InChI=1S/C23H36N2O4/c1-18-12-24(14-23(18)27-15-22(5,6)16-28-23)17-25(20(26)29-21(2,3)4)13-19-10-8-7-9-11-19/h7-11,18H,12-17H2,1-6H3. The van der Waals surface area contributed by atoms with E-state index in [1.807, 2.05) is 51.1 Å². The minimum absolute atomic E-state index is 0.0360. The largest absolute Gasteiger partial charge is 0.444 e. The van der Waals surface area contributed by atoms with Gasteiger partial charge in [-0.25, -0.2) is 4.79 Å². The number of amides is 1. The molecular formula is C23H36N2O4. The number of likely N-dealkylation sites (tertiary alicyclic amines) is 1. The molecule has 29 heavy (non-hydrogen) atoms. The van der Waals surface area contributed by atoms with E-state index in [2.05, 4.69) is 25.7 Å². The maximum Gasteiger partial charge on any atom is 0.411 e. The van der Waals surface area contributed by atoms with Crippen LogP contribution in [0, 0.1) is 11.3 Å². The van der Waals surface area contributed by atoms with Crippen LogP contribution in [0.2, 0.25) is 0 Å². The fourth-order valence-electron chi connectivity index (χ4n) is 3.80. The summed E-state index contributed by atoms with van der Waals surface area (Å²) < 4.78 is 18.1. The second-order valence-electron chi connectivity index (χ2n) is 10.3. The molecular weight excluding hydrogens is 368 g/mol. The molecule has 1 atom stereocenters. The molecule has 0 radical (unpaired) electrons. The molecule has 3 rings (SSSR count). The Balaban J connectivity index is 1.69. The number of carbonyl (C=O) groups excluding carboxylic acids is 1. The van der Waals surface area contributed by atoms with E-state index in [0.29, 0.717) is 33.0 Å². The van der Waals surface area contributed by atoms with Crippen molar-refractivity contribution in [1.29, 1.82) is 0 Å². The van der Waals surface area contributed by atoms with E-state index >= 15 is 0 Å². The van der Waals surface area contributed by atoms with Gasteiger partial charge in [0.15, 0.2) is 5.79 Å². The zero-order valence-electron chi connectivity index (χ0n) is 18.7. The highest BCUT2D eigenvalue weighted by atomic mass is 16.7. The van der Waals surface area contributed by atoms with Gasteiger partial charge in [0.2, 0.25) is 0 Å². The van der Waals surface area contributed by atoms with Gasteiger partial charge < -0.3 is 14.2 Å². The molecule has 2 heterocycles. The zero-order valence-corrected chi connectivity index (χ0v) is 18.7. The number of benzene rings is 1. The molecule has 0 aliphatic carbocycles. The van der Waals surface area contributed by atoms with Crippen LogP contribution in [0.3, 0.4) is 0 Å². The van der Waals surface area contributed by atoms with E-state index in [9.17, 15) is 4.79 Å². The van der Waals surface area contributed by atoms with Crippen LogP contribution in [0.25, 0.3) is 0 Å². The molecule has 2 saturated heterocycles. The number of nitrogens with zero attached hydrogens (tertiary/aromatic N) is 2. The summed E-state index contributed by atoms with van der Waals surface area (Å²) in [7, 11) is 0. The van der Waals surface area contributed by atoms with Gasteiger partial charge in [-0.05, 0) is 26.3 Å². The van der Waals surface area contributed by atoms with Gasteiger partial charge >= 0.3 is 6.09 Å². The quantitative estimate of drug-likeness (QED) is 0.756. The highest BCUT2D eigenvalue weighted by molar-refractivity contribution is 5.68. The Morgan fingerprint density at radius 2 is 1.83 bits per heavy atom. The molecule has 2 aliphatic rings. The molecule has 1 aromatic carbocycles. The first-order valence-electron chi connectivity index (χ1n) is 10.5. The topological polar surface area (TPSA) is 51.2 Å². The Morgan fingerprint density at radius 1 is 1.21 bits per heavy atom. The third kappa shape index (κ3) is 5.71. The van der Waals surface area contributed by atoms with Crippen LogP contribution in [0.15, 0.2) is 30.3 Å². The Bertz CT molecular complexity index is 689. The van der Waals surface area contributed by atoms with E-state index < -0.39 is 11.4 Å². The Kier molecular flexibility index (Phi) is 6.27. The predicted molar refractivity (Wildman–Crippen MR) is 112 cm³/mol. The summed E-state index contributed by atoms with van der Waals surface area (Å²) in [6.45, 7) is 16.0. The van der Waals surface area contributed by atoms with Crippen LogP contribution in [0.5, 0.6) is 0 Å². The molecule has 0 saturated carbocycles. The fourth-order valence-corrected chi connectivity index (χ4v) is 3.80. The van der Waals surface area contributed by atoms with E-state index in [1.54, 1.807) is 4.90 Å². The summed E-state index contributed by atoms with van der Waals surface area (Å²) in [5.41, 5.74) is 0.577. The molecule has 0 aromatic heterocycles. The normalized spacial score (nSPS) is 23.9. The summed E-state index contributed by atoms with van der Waals surface area (Å²) in [5.74, 6) is -0.349. The van der Waals surface area contributed by atoms with Crippen molar-refractivity contribution in [2.75, 3.05) is 33.0 Å². The van der Waals surface area contributed by atoms with Gasteiger partial charge in [-0.15, -0.1) is 0 Å². The van der Waals surface area contributed by atoms with Crippen molar-refractivity contribution in [2.24, 2.45) is 11.3 Å². The van der Waals surface area contributed by atoms with Crippen molar-refractivity contribution in [3.05, 3.63) is 35.9 Å². The van der Waals surface area contributed by atoms with Gasteiger partial charge in [0.1, 0.15) is 5.60 Å². The van der Waals surface area contributed by atoms with E-state index in [0.717, 1.165) is 12.1 Å². The average Bonchev–Trinajstić information content (AvgIpc) is 2.92. The van der Waals surface area contributed by atoms with Crippen molar-refractivity contribution in [3.8, 4) is 0 Å². The number of carbonyl (C=O) groups is 1. The molecule has 6 nitrogen and oxygen atoms in total. The van der Waals surface area contributed by atoms with Crippen molar-refractivity contribution < 1.29 is 19.0 Å². The van der Waals surface area contributed by atoms with Crippen molar-refractivity contribution in [3.63, 3.8) is 0 Å². The van der Waals surface area contributed by atoms with Crippen LogP contribution >= 0.6 is 0 Å². The smallest absolute Gasteiger partial charge is 0.411 e. The molecule has 2 fully saturated rings. The van der Waals surface area contributed by atoms with Gasteiger partial charge in [-0.3, -0.25) is 9.80 Å². The molecule has 6 heteroatoms. The Hall–Kier alpha value is -1.63. The molecule has 1 spiro atoms. The third-order valence-electron chi connectivity index (χ3n) is 5.38. The summed E-state index contributed by atoms with van der Waals surface area (Å²) in [6.07, 6.45) is -0.304. The maximum atomic E-state index is 12.9. The molecule has 1 unspecified atom stereocenters. The lowest BCUT2D eigenvalue weighted by atomic mass is 9.93. The fraction of sp³-hybridized carbons (Fsp3) is 0.696. The monoisotopic (exact) mass is 404 g/mol. The summed E-state index contributed by atoms with van der Waals surface area (Å²) in [6, 6.07) is 10.0. The number of hydrogen-bond donors (Lipinski definition) is 0. The minimum Gasteiger partial charge on any atom is -0.444 e. The van der Waals surface area contributed by atoms with Gasteiger partial charge in [-0.1, -0.05) is 51.1 Å². The predicted octanol–water partition coefficient (Wildman–Crippen LogP) is 4.10. The van der Waals surface area contributed by atoms with Crippen LogP contribution in [-0.2, 0) is 20.8 Å². The number of rotatable bonds is 4. The van der Waals surface area contributed by atoms with Crippen molar-refractivity contribution in [1.82, 2.24) is 9.80 Å². The highest BCUT2D eigenvalue weighted by Gasteiger charge is 2.50. The maximum absolute atomic E-state index is 12.9. The highest BCUT2D eigenvalue weighted by Crippen LogP contribution is 2.39. The number of hydrogen-bond acceptors (Lipinski definition) is 5. The molecule has 0 bridgehead atoms. The molecule has 1 amide bonds. The number of ether oxygens (including phenoxy) is 3. The lowest BCUT2D eigenvalue weighted by Gasteiger charge is -2.43. The molecule has 0 N–H and O–H groups in total. The van der Waals surface area contributed by atoms with Crippen LogP contribution in [0.1, 0.15) is 47.1 Å². The molecule has 2 aliphatic heterocycles. The van der Waals surface area contributed by atoms with E-state index in [1.165, 1.54) is 0 Å². The summed E-state index contributed by atoms with van der Waals surface area (Å²) >= 11 is 0. The lowest BCUT2D eigenvalue weighted by Crippen LogP contribution is -2.52. The van der Waals surface area contributed by atoms with Gasteiger partial charge in [0.05, 0.1) is 33.0 Å². The zero-order chi connectivity index (χ0) is 21.3. The van der Waals surface area contributed by atoms with Crippen LogP contribution in [0.4, 0.5) is 4.79 Å². The Labute approximate surface area is 175 Å². The second kappa shape index (κ2) is 8.25. The van der Waals surface area contributed by atoms with E-state index in [4.69, 9.17) is 14.2 Å². The first kappa shape index (κ1) is 22.1. The van der Waals surface area contributed by atoms with Gasteiger partial charge in [0, 0.05) is 17.9 Å². The van der Waals surface area contributed by atoms with E-state index in [-0.39, 0.29) is 17.4 Å². The first-order chi connectivity index (χ1) is 13.5. The minimum atomic E-state index is -0.581. The third-order valence-corrected chi connectivity index (χ3v) is 5.38. The van der Waals surface area contributed by atoms with Crippen molar-refractivity contribution in [2.45, 2.75) is 59.5 Å². The van der Waals surface area contributed by atoms with Gasteiger partial charge in [-0.2, -0.15) is 0 Å². The molecule has 162 valence electrons. The van der Waals surface area contributed by atoms with Gasteiger partial charge in [0.25, 0.3) is 0 Å². The van der Waals surface area contributed by atoms with Crippen molar-refractivity contribution >= 4 is 6.09 Å². The average molecular weight is 405 g/mol. The SMILES string of the molecule is CC1CN(CN(Cc2ccccc2)C(=O)OC(C)(C)C)CC12OCC(C)(C)CO2.